The van der Waals surface area contributed by atoms with Gasteiger partial charge in [0.1, 0.15) is 5.75 Å². The van der Waals surface area contributed by atoms with Crippen molar-refractivity contribution in [2.75, 3.05) is 18.6 Å². The largest absolute Gasteiger partial charge is 0.496 e. The summed E-state index contributed by atoms with van der Waals surface area (Å²) >= 11 is 1.62. The summed E-state index contributed by atoms with van der Waals surface area (Å²) in [6.07, 6.45) is 1.37. The second-order valence-corrected chi connectivity index (χ2v) is 8.76. The number of methoxy groups -OCH3 is 1. The molecule has 0 aliphatic carbocycles. The van der Waals surface area contributed by atoms with Gasteiger partial charge in [-0.2, -0.15) is 24.9 Å². The number of aliphatic hydroxyl groups is 1. The first kappa shape index (κ1) is 23.8. The smallest absolute Gasteiger partial charge is 0.421 e. The van der Waals surface area contributed by atoms with Gasteiger partial charge in [-0.05, 0) is 62.3 Å². The molecule has 3 nitrogen and oxygen atoms in total. The number of halogens is 3. The Bertz CT molecular complexity index is 755. The molecule has 1 N–H and O–H groups in total. The van der Waals surface area contributed by atoms with Crippen LogP contribution < -0.4 is 4.74 Å². The molecule has 2 rings (SSSR count). The lowest BCUT2D eigenvalue weighted by molar-refractivity contribution is -0.288. The Hall–Kier alpha value is -1.47. The fourth-order valence-corrected chi connectivity index (χ4v) is 4.83. The number of nitrogens with zero attached hydrogens (tertiary/aromatic N) is 1. The van der Waals surface area contributed by atoms with Crippen molar-refractivity contribution < 1.29 is 23.0 Å². The van der Waals surface area contributed by atoms with Crippen molar-refractivity contribution in [3.8, 4) is 5.75 Å². The molecule has 1 aliphatic heterocycles. The minimum atomic E-state index is -4.80. The average Bonchev–Trinajstić information content (AvgIpc) is 2.68. The molecule has 0 amide bonds. The molecule has 7 heteroatoms. The molecule has 162 valence electrons. The van der Waals surface area contributed by atoms with Crippen LogP contribution in [0.15, 0.2) is 28.8 Å². The molecule has 0 radical (unpaired) electrons. The first-order valence-electron chi connectivity index (χ1n) is 9.90. The molecule has 0 bridgehead atoms. The molecule has 1 unspecified atom stereocenters. The van der Waals surface area contributed by atoms with Gasteiger partial charge in [-0.1, -0.05) is 18.9 Å². The summed E-state index contributed by atoms with van der Waals surface area (Å²) in [5.41, 5.74) is -0.900. The molecule has 1 heterocycles. The van der Waals surface area contributed by atoms with E-state index < -0.39 is 17.7 Å². The van der Waals surface area contributed by atoms with Crippen LogP contribution in [-0.2, 0) is 5.60 Å². The number of allylic oxidation sites excluding steroid dienone is 2. The van der Waals surface area contributed by atoms with Crippen molar-refractivity contribution in [2.45, 2.75) is 58.2 Å². The SMILES string of the molecule is CCC/C(C)=C/C=Nc1cc(OC)c(C(O)(C2CCSCC2)C(F)(F)F)cc1C. The van der Waals surface area contributed by atoms with Crippen LogP contribution in [0.5, 0.6) is 5.75 Å². The minimum absolute atomic E-state index is 0.00932. The maximum absolute atomic E-state index is 14.1. The number of aryl methyl sites for hydroxylation is 1. The first-order chi connectivity index (χ1) is 13.6. The van der Waals surface area contributed by atoms with Crippen LogP contribution in [0, 0.1) is 12.8 Å². The summed E-state index contributed by atoms with van der Waals surface area (Å²) in [6, 6.07) is 2.86. The number of hydrogen-bond donors (Lipinski definition) is 1. The van der Waals surface area contributed by atoms with Crippen molar-refractivity contribution in [1.29, 1.82) is 0 Å². The second-order valence-electron chi connectivity index (χ2n) is 7.53. The molecular weight excluding hydrogens is 399 g/mol. The lowest BCUT2D eigenvalue weighted by Gasteiger charge is -2.40. The molecule has 0 aromatic heterocycles. The molecule has 1 atom stereocenters. The summed E-state index contributed by atoms with van der Waals surface area (Å²) in [7, 11) is 1.32. The summed E-state index contributed by atoms with van der Waals surface area (Å²) in [4.78, 5) is 4.39. The Labute approximate surface area is 175 Å². The molecular formula is C22H30F3NO2S. The third kappa shape index (κ3) is 5.37. The maximum Gasteiger partial charge on any atom is 0.421 e. The fourth-order valence-electron chi connectivity index (χ4n) is 3.73. The van der Waals surface area contributed by atoms with Crippen molar-refractivity contribution >= 4 is 23.7 Å². The van der Waals surface area contributed by atoms with E-state index in [1.54, 1.807) is 24.9 Å². The van der Waals surface area contributed by atoms with Gasteiger partial charge in [-0.15, -0.1) is 0 Å². The number of rotatable bonds is 7. The highest BCUT2D eigenvalue weighted by Crippen LogP contribution is 2.52. The fraction of sp³-hybridized carbons (Fsp3) is 0.591. The Kier molecular flexibility index (Phi) is 8.23. The van der Waals surface area contributed by atoms with E-state index >= 15 is 0 Å². The van der Waals surface area contributed by atoms with Crippen molar-refractivity contribution in [3.05, 3.63) is 34.9 Å². The van der Waals surface area contributed by atoms with Crippen LogP contribution in [-0.4, -0.2) is 36.1 Å². The zero-order valence-electron chi connectivity index (χ0n) is 17.5. The van der Waals surface area contributed by atoms with Crippen LogP contribution >= 0.6 is 11.8 Å². The molecule has 29 heavy (non-hydrogen) atoms. The number of aliphatic imine (C=N–C) groups is 1. The second kappa shape index (κ2) is 10.0. The summed E-state index contributed by atoms with van der Waals surface area (Å²) in [5.74, 6) is 0.327. The molecule has 0 saturated carbocycles. The van der Waals surface area contributed by atoms with E-state index in [9.17, 15) is 18.3 Å². The number of thioether (sulfide) groups is 1. The van der Waals surface area contributed by atoms with Gasteiger partial charge in [0.25, 0.3) is 0 Å². The van der Waals surface area contributed by atoms with E-state index in [4.69, 9.17) is 4.74 Å². The quantitative estimate of drug-likeness (QED) is 0.514. The normalized spacial score (nSPS) is 18.8. The zero-order chi connectivity index (χ0) is 21.7. The molecule has 1 aliphatic rings. The topological polar surface area (TPSA) is 41.8 Å². The van der Waals surface area contributed by atoms with Crippen LogP contribution in [0.4, 0.5) is 18.9 Å². The Morgan fingerprint density at radius 2 is 1.97 bits per heavy atom. The van der Waals surface area contributed by atoms with Crippen molar-refractivity contribution in [1.82, 2.24) is 0 Å². The Morgan fingerprint density at radius 1 is 1.31 bits per heavy atom. The highest BCUT2D eigenvalue weighted by molar-refractivity contribution is 7.99. The molecule has 1 saturated heterocycles. The summed E-state index contributed by atoms with van der Waals surface area (Å²) < 4.78 is 47.7. The highest BCUT2D eigenvalue weighted by Gasteiger charge is 2.60. The van der Waals surface area contributed by atoms with Gasteiger partial charge in [0.15, 0.2) is 5.60 Å². The maximum atomic E-state index is 14.1. The van der Waals surface area contributed by atoms with E-state index in [-0.39, 0.29) is 11.3 Å². The Balaban J connectivity index is 2.49. The lowest BCUT2D eigenvalue weighted by atomic mass is 9.76. The minimum Gasteiger partial charge on any atom is -0.496 e. The third-order valence-electron chi connectivity index (χ3n) is 5.39. The standard InChI is InChI=1S/C22H30F3NO2S/c1-5-6-15(2)7-10-26-19-14-20(28-4)18(13-16(19)3)21(27,22(23,24)25)17-8-11-29-12-9-17/h7,10,13-14,17,27H,5-6,8-9,11-12H2,1-4H3/b15-7+,26-10?. The van der Waals surface area contributed by atoms with E-state index in [0.29, 0.717) is 35.6 Å². The molecule has 0 spiro atoms. The van der Waals surface area contributed by atoms with Crippen LogP contribution in [0.25, 0.3) is 0 Å². The number of alkyl halides is 3. The first-order valence-corrected chi connectivity index (χ1v) is 11.1. The molecule has 1 fully saturated rings. The third-order valence-corrected chi connectivity index (χ3v) is 6.44. The van der Waals surface area contributed by atoms with Crippen LogP contribution in [0.1, 0.15) is 50.7 Å². The van der Waals surface area contributed by atoms with Gasteiger partial charge in [0.05, 0.1) is 12.8 Å². The average molecular weight is 430 g/mol. The predicted octanol–water partition coefficient (Wildman–Crippen LogP) is 6.35. The van der Waals surface area contributed by atoms with Gasteiger partial charge in [0, 0.05) is 23.8 Å². The predicted molar refractivity (Wildman–Crippen MR) is 115 cm³/mol. The van der Waals surface area contributed by atoms with E-state index in [0.717, 1.165) is 12.8 Å². The van der Waals surface area contributed by atoms with Crippen LogP contribution in [0.2, 0.25) is 0 Å². The number of benzene rings is 1. The van der Waals surface area contributed by atoms with Gasteiger partial charge in [-0.25, -0.2) is 0 Å². The zero-order valence-corrected chi connectivity index (χ0v) is 18.3. The number of hydrogen-bond acceptors (Lipinski definition) is 4. The van der Waals surface area contributed by atoms with E-state index in [1.165, 1.54) is 24.8 Å². The molecule has 1 aromatic carbocycles. The summed E-state index contributed by atoms with van der Waals surface area (Å²) in [5, 5.41) is 11.0. The van der Waals surface area contributed by atoms with Gasteiger partial charge >= 0.3 is 6.18 Å². The van der Waals surface area contributed by atoms with E-state index in [1.807, 2.05) is 13.0 Å². The van der Waals surface area contributed by atoms with Gasteiger partial charge in [-0.3, -0.25) is 4.99 Å². The van der Waals surface area contributed by atoms with E-state index in [2.05, 4.69) is 11.9 Å². The summed E-state index contributed by atoms with van der Waals surface area (Å²) in [6.45, 7) is 5.80. The Morgan fingerprint density at radius 3 is 2.52 bits per heavy atom. The monoisotopic (exact) mass is 429 g/mol. The van der Waals surface area contributed by atoms with Crippen molar-refractivity contribution in [3.63, 3.8) is 0 Å². The lowest BCUT2D eigenvalue weighted by Crippen LogP contribution is -2.49. The number of ether oxygens (including phenoxy) is 1. The van der Waals surface area contributed by atoms with Gasteiger partial charge in [0.2, 0.25) is 0 Å². The van der Waals surface area contributed by atoms with Crippen LogP contribution in [0.3, 0.4) is 0 Å². The highest BCUT2D eigenvalue weighted by atomic mass is 32.2. The molecule has 1 aromatic rings. The van der Waals surface area contributed by atoms with Crippen molar-refractivity contribution in [2.24, 2.45) is 10.9 Å². The van der Waals surface area contributed by atoms with Gasteiger partial charge < -0.3 is 9.84 Å².